The average Bonchev–Trinajstić information content (AvgIpc) is 2.63. The molecule has 1 aromatic carbocycles. The number of aliphatic carboxylic acids is 1. The maximum absolute atomic E-state index is 12.8. The molecule has 0 aromatic heterocycles. The summed E-state index contributed by atoms with van der Waals surface area (Å²) < 4.78 is 17.9. The van der Waals surface area contributed by atoms with E-state index in [-0.39, 0.29) is 12.8 Å². The Balaban J connectivity index is 2.75. The van der Waals surface area contributed by atoms with Crippen LogP contribution in [-0.2, 0) is 25.1 Å². The second kappa shape index (κ2) is 11.9. The van der Waals surface area contributed by atoms with Gasteiger partial charge in [0.05, 0.1) is 0 Å². The molecule has 29 heavy (non-hydrogen) atoms. The number of hydrogen-bond donors (Lipinski definition) is 5. The fraction of sp³-hybridized carbons (Fsp3) is 0.579. The second-order valence-electron chi connectivity index (χ2n) is 7.28. The lowest BCUT2D eigenvalue weighted by Crippen LogP contribution is -2.40. The Bertz CT molecular complexity index is 728. The van der Waals surface area contributed by atoms with Crippen molar-refractivity contribution in [1.29, 1.82) is 0 Å². The highest BCUT2D eigenvalue weighted by Gasteiger charge is 2.40. The first-order valence-corrected chi connectivity index (χ1v) is 11.3. The first-order chi connectivity index (χ1) is 13.6. The fourth-order valence-corrected chi connectivity index (χ4v) is 4.56. The summed E-state index contributed by atoms with van der Waals surface area (Å²) in [4.78, 5) is 34.1. The van der Waals surface area contributed by atoms with Crippen molar-refractivity contribution in [3.8, 4) is 0 Å². The highest BCUT2D eigenvalue weighted by atomic mass is 31.2. The van der Waals surface area contributed by atoms with Crippen LogP contribution in [0, 0.1) is 5.92 Å². The maximum Gasteiger partial charge on any atom is 0.351 e. The number of carboxylic acid groups (broad SMARTS) is 1. The van der Waals surface area contributed by atoms with Crippen molar-refractivity contribution in [2.75, 3.05) is 12.3 Å². The van der Waals surface area contributed by atoms with Crippen molar-refractivity contribution in [3.63, 3.8) is 0 Å². The van der Waals surface area contributed by atoms with Gasteiger partial charge >= 0.3 is 13.6 Å². The summed E-state index contributed by atoms with van der Waals surface area (Å²) in [6, 6.07) is 7.12. The molecular weight excluding hydrogens is 397 g/mol. The quantitative estimate of drug-likeness (QED) is 0.181. The summed E-state index contributed by atoms with van der Waals surface area (Å²) in [6.45, 7) is 3.69. The van der Waals surface area contributed by atoms with Gasteiger partial charge < -0.3 is 26.8 Å². The molecular formula is C19H32N3O6P. The van der Waals surface area contributed by atoms with Gasteiger partial charge in [0, 0.05) is 12.1 Å². The minimum absolute atomic E-state index is 0.0608. The zero-order valence-corrected chi connectivity index (χ0v) is 17.8. The van der Waals surface area contributed by atoms with Gasteiger partial charge in [0.25, 0.3) is 0 Å². The number of aryl methyl sites for hydroxylation is 1. The number of unbranched alkanes of at least 4 members (excludes halogenated alkanes) is 1. The van der Waals surface area contributed by atoms with Crippen LogP contribution < -0.4 is 16.8 Å². The molecule has 0 aliphatic rings. The van der Waals surface area contributed by atoms with Crippen LogP contribution in [-0.4, -0.2) is 40.3 Å². The van der Waals surface area contributed by atoms with Crippen LogP contribution in [0.3, 0.4) is 0 Å². The van der Waals surface area contributed by atoms with Crippen molar-refractivity contribution >= 4 is 25.2 Å². The van der Waals surface area contributed by atoms with Gasteiger partial charge in [-0.2, -0.15) is 0 Å². The predicted octanol–water partition coefficient (Wildman–Crippen LogP) is 2.08. The Morgan fingerprint density at radius 1 is 1.28 bits per heavy atom. The molecule has 0 aliphatic carbocycles. The van der Waals surface area contributed by atoms with E-state index >= 15 is 0 Å². The van der Waals surface area contributed by atoms with Crippen LogP contribution in [0.1, 0.15) is 45.1 Å². The fourth-order valence-electron chi connectivity index (χ4n) is 2.81. The van der Waals surface area contributed by atoms with Gasteiger partial charge in [0.1, 0.15) is 5.78 Å². The zero-order chi connectivity index (χ0) is 22.0. The average molecular weight is 429 g/mol. The van der Waals surface area contributed by atoms with E-state index in [4.69, 9.17) is 16.0 Å². The lowest BCUT2D eigenvalue weighted by molar-refractivity contribution is -0.145. The van der Waals surface area contributed by atoms with Gasteiger partial charge in [-0.05, 0) is 55.8 Å². The van der Waals surface area contributed by atoms with Crippen molar-refractivity contribution in [2.24, 2.45) is 11.7 Å². The summed E-state index contributed by atoms with van der Waals surface area (Å²) in [5.74, 6) is -3.42. The molecule has 1 amide bonds. The number of carbonyl (C=O) groups excluding carboxylic acids is 1. The Labute approximate surface area is 171 Å². The number of nitrogens with two attached hydrogens (primary N) is 2. The van der Waals surface area contributed by atoms with E-state index in [0.717, 1.165) is 5.56 Å². The van der Waals surface area contributed by atoms with Crippen LogP contribution in [0.4, 0.5) is 5.69 Å². The summed E-state index contributed by atoms with van der Waals surface area (Å²) in [7, 11) is -4.44. The largest absolute Gasteiger partial charge is 0.479 e. The van der Waals surface area contributed by atoms with Gasteiger partial charge in [0.2, 0.25) is 5.91 Å². The molecule has 0 saturated carbocycles. The van der Waals surface area contributed by atoms with Crippen molar-refractivity contribution in [1.82, 2.24) is 5.32 Å². The van der Waals surface area contributed by atoms with Gasteiger partial charge in [-0.25, -0.2) is 4.79 Å². The third-order valence-corrected chi connectivity index (χ3v) is 6.34. The highest BCUT2D eigenvalue weighted by Crippen LogP contribution is 2.50. The number of nitrogens with one attached hydrogen (secondary N) is 1. The van der Waals surface area contributed by atoms with Gasteiger partial charge in [-0.3, -0.25) is 13.9 Å². The third kappa shape index (κ3) is 8.95. The molecule has 0 aliphatic heterocycles. The van der Waals surface area contributed by atoms with E-state index in [1.54, 1.807) is 32.0 Å². The third-order valence-electron chi connectivity index (χ3n) is 4.36. The summed E-state index contributed by atoms with van der Waals surface area (Å²) in [6.07, 6.45) is 0.151. The molecule has 3 atom stereocenters. The summed E-state index contributed by atoms with van der Waals surface area (Å²) in [5.41, 5.74) is 12.6. The molecule has 0 bridgehead atoms. The molecule has 0 saturated heterocycles. The number of amides is 1. The number of carbonyl (C=O) groups is 2. The Hall–Kier alpha value is -1.93. The molecule has 7 N–H and O–H groups in total. The van der Waals surface area contributed by atoms with E-state index < -0.39 is 37.3 Å². The Morgan fingerprint density at radius 2 is 1.97 bits per heavy atom. The van der Waals surface area contributed by atoms with Gasteiger partial charge in [-0.1, -0.05) is 26.0 Å². The number of carboxylic acids is 1. The molecule has 1 rings (SSSR count). The van der Waals surface area contributed by atoms with Crippen LogP contribution in [0.5, 0.6) is 0 Å². The van der Waals surface area contributed by atoms with Crippen LogP contribution in [0.2, 0.25) is 0 Å². The molecule has 0 radical (unpaired) electrons. The maximum atomic E-state index is 12.8. The monoisotopic (exact) mass is 429 g/mol. The van der Waals surface area contributed by atoms with E-state index in [2.05, 4.69) is 5.32 Å². The van der Waals surface area contributed by atoms with Crippen molar-refractivity contribution in [3.05, 3.63) is 29.8 Å². The molecule has 10 heteroatoms. The number of benzene rings is 1. The molecule has 0 fully saturated rings. The van der Waals surface area contributed by atoms with E-state index in [1.165, 1.54) is 0 Å². The number of hydrogen-bond acceptors (Lipinski definition) is 6. The van der Waals surface area contributed by atoms with Gasteiger partial charge in [0.15, 0.2) is 6.10 Å². The Morgan fingerprint density at radius 3 is 2.52 bits per heavy atom. The molecule has 0 heterocycles. The lowest BCUT2D eigenvalue weighted by Gasteiger charge is -2.28. The first-order valence-electron chi connectivity index (χ1n) is 9.64. The van der Waals surface area contributed by atoms with Gasteiger partial charge in [-0.15, -0.1) is 0 Å². The van der Waals surface area contributed by atoms with E-state index in [9.17, 15) is 24.2 Å². The molecule has 0 spiro atoms. The molecule has 3 unspecified atom stereocenters. The van der Waals surface area contributed by atoms with Crippen LogP contribution in [0.25, 0.3) is 0 Å². The topological polar surface area (TPSA) is 165 Å². The molecule has 9 nitrogen and oxygen atoms in total. The second-order valence-corrected chi connectivity index (χ2v) is 9.18. The number of rotatable bonds is 13. The summed E-state index contributed by atoms with van der Waals surface area (Å²) in [5, 5.41) is 11.8. The standard InChI is InChI=1S/C19H32N3O6P/c1-13(2)18(22-17(23)10-9-14-6-5-7-15(21)12-14)29(26,27)28-16(19(24)25)8-3-4-11-20/h5-7,12-13,16,18H,3-4,8-11,20-21H2,1-2H3,(H,22,23)(H,24,25)(H,26,27). The number of nitrogen functional groups attached to an aromatic ring is 1. The minimum atomic E-state index is -4.44. The smallest absolute Gasteiger partial charge is 0.351 e. The minimum Gasteiger partial charge on any atom is -0.479 e. The molecule has 164 valence electrons. The zero-order valence-electron chi connectivity index (χ0n) is 16.9. The van der Waals surface area contributed by atoms with Crippen LogP contribution in [0.15, 0.2) is 24.3 Å². The summed E-state index contributed by atoms with van der Waals surface area (Å²) >= 11 is 0. The van der Waals surface area contributed by atoms with Crippen LogP contribution >= 0.6 is 7.60 Å². The first kappa shape index (κ1) is 25.1. The van der Waals surface area contributed by atoms with Crippen molar-refractivity contribution < 1.29 is 28.7 Å². The van der Waals surface area contributed by atoms with E-state index in [0.29, 0.717) is 31.5 Å². The normalized spacial score (nSPS) is 15.5. The predicted molar refractivity (Wildman–Crippen MR) is 111 cm³/mol. The Kier molecular flexibility index (Phi) is 10.3. The van der Waals surface area contributed by atoms with E-state index in [1.807, 2.05) is 6.07 Å². The molecule has 1 aromatic rings. The van der Waals surface area contributed by atoms with Crippen molar-refractivity contribution in [2.45, 2.75) is 57.8 Å². The highest BCUT2D eigenvalue weighted by molar-refractivity contribution is 7.53. The number of anilines is 1. The SMILES string of the molecule is CC(C)C(NC(=O)CCc1cccc(N)c1)P(=O)(O)OC(CCCCN)C(=O)O. The lowest BCUT2D eigenvalue weighted by atomic mass is 10.1.